The fraction of sp³-hybridized carbons (Fsp3) is 0.800. The average Bonchev–Trinajstić information content (AvgIpc) is 2.15. The van der Waals surface area contributed by atoms with Crippen LogP contribution < -0.4 is 10.6 Å². The summed E-state index contributed by atoms with van der Waals surface area (Å²) < 4.78 is 4.76. The summed E-state index contributed by atoms with van der Waals surface area (Å²) in [7, 11) is 0. The Bertz CT molecular complexity index is 217. The van der Waals surface area contributed by atoms with Crippen molar-refractivity contribution < 1.29 is 14.3 Å². The molecule has 0 spiro atoms. The molecule has 0 fully saturated rings. The zero-order chi connectivity index (χ0) is 11.8. The SMILES string of the molecule is CCOC(=O)C(C)NC(=O)CNC(C)C. The van der Waals surface area contributed by atoms with Crippen molar-refractivity contribution in [1.29, 1.82) is 0 Å². The first kappa shape index (κ1) is 13.9. The number of hydrogen-bond acceptors (Lipinski definition) is 4. The van der Waals surface area contributed by atoms with Gasteiger partial charge >= 0.3 is 5.97 Å². The van der Waals surface area contributed by atoms with Crippen molar-refractivity contribution in [2.24, 2.45) is 0 Å². The first-order valence-electron chi connectivity index (χ1n) is 5.16. The van der Waals surface area contributed by atoms with Crippen molar-refractivity contribution in [3.63, 3.8) is 0 Å². The number of nitrogens with one attached hydrogen (secondary N) is 2. The summed E-state index contributed by atoms with van der Waals surface area (Å²) >= 11 is 0. The van der Waals surface area contributed by atoms with Gasteiger partial charge in [-0.05, 0) is 13.8 Å². The Morgan fingerprint density at radius 1 is 1.27 bits per heavy atom. The summed E-state index contributed by atoms with van der Waals surface area (Å²) in [5.74, 6) is -0.611. The Labute approximate surface area is 90.6 Å². The first-order valence-corrected chi connectivity index (χ1v) is 5.16. The summed E-state index contributed by atoms with van der Waals surface area (Å²) in [4.78, 5) is 22.4. The van der Waals surface area contributed by atoms with E-state index in [9.17, 15) is 9.59 Å². The van der Waals surface area contributed by atoms with Crippen molar-refractivity contribution in [2.75, 3.05) is 13.2 Å². The number of ether oxygens (including phenoxy) is 1. The highest BCUT2D eigenvalue weighted by atomic mass is 16.5. The van der Waals surface area contributed by atoms with Gasteiger partial charge in [-0.25, -0.2) is 4.79 Å². The van der Waals surface area contributed by atoms with Gasteiger partial charge < -0.3 is 15.4 Å². The monoisotopic (exact) mass is 216 g/mol. The number of carbonyl (C=O) groups excluding carboxylic acids is 2. The zero-order valence-electron chi connectivity index (χ0n) is 9.79. The number of amides is 1. The van der Waals surface area contributed by atoms with Gasteiger partial charge in [0.05, 0.1) is 13.2 Å². The fourth-order valence-corrected chi connectivity index (χ4v) is 0.916. The van der Waals surface area contributed by atoms with E-state index >= 15 is 0 Å². The van der Waals surface area contributed by atoms with Crippen LogP contribution in [-0.2, 0) is 14.3 Å². The standard InChI is InChI=1S/C10H20N2O3/c1-5-15-10(14)8(4)12-9(13)6-11-7(2)3/h7-8,11H,5-6H2,1-4H3,(H,12,13). The molecule has 88 valence electrons. The fourth-order valence-electron chi connectivity index (χ4n) is 0.916. The van der Waals surface area contributed by atoms with Crippen molar-refractivity contribution in [3.8, 4) is 0 Å². The second-order valence-electron chi connectivity index (χ2n) is 3.58. The van der Waals surface area contributed by atoms with E-state index < -0.39 is 12.0 Å². The maximum atomic E-state index is 11.3. The molecule has 0 saturated heterocycles. The van der Waals surface area contributed by atoms with Crippen LogP contribution in [0.1, 0.15) is 27.7 Å². The molecule has 0 radical (unpaired) electrons. The Kier molecular flexibility index (Phi) is 6.70. The molecular weight excluding hydrogens is 196 g/mol. The molecule has 0 bridgehead atoms. The minimum Gasteiger partial charge on any atom is -0.464 e. The predicted octanol–water partition coefficient (Wildman–Crippen LogP) is 0.0522. The van der Waals surface area contributed by atoms with E-state index in [-0.39, 0.29) is 18.5 Å². The lowest BCUT2D eigenvalue weighted by Crippen LogP contribution is -2.44. The highest BCUT2D eigenvalue weighted by Gasteiger charge is 2.15. The van der Waals surface area contributed by atoms with Crippen molar-refractivity contribution >= 4 is 11.9 Å². The van der Waals surface area contributed by atoms with Crippen LogP contribution in [0, 0.1) is 0 Å². The van der Waals surface area contributed by atoms with Crippen molar-refractivity contribution in [1.82, 2.24) is 10.6 Å². The smallest absolute Gasteiger partial charge is 0.328 e. The molecule has 0 aromatic carbocycles. The number of carbonyl (C=O) groups is 2. The molecule has 1 unspecified atom stereocenters. The minimum absolute atomic E-state index is 0.204. The lowest BCUT2D eigenvalue weighted by molar-refractivity contribution is -0.146. The predicted molar refractivity (Wildman–Crippen MR) is 57.4 cm³/mol. The van der Waals surface area contributed by atoms with Gasteiger partial charge in [-0.3, -0.25) is 4.79 Å². The van der Waals surface area contributed by atoms with Crippen LogP contribution in [0.2, 0.25) is 0 Å². The molecule has 0 aliphatic carbocycles. The van der Waals surface area contributed by atoms with Crippen LogP contribution in [0.4, 0.5) is 0 Å². The molecule has 0 aliphatic heterocycles. The van der Waals surface area contributed by atoms with Crippen LogP contribution in [0.3, 0.4) is 0 Å². The summed E-state index contributed by atoms with van der Waals surface area (Å²) in [6.45, 7) is 7.76. The molecule has 5 heteroatoms. The summed E-state index contributed by atoms with van der Waals surface area (Å²) in [6, 6.07) is -0.347. The van der Waals surface area contributed by atoms with Gasteiger partial charge in [-0.1, -0.05) is 13.8 Å². The molecule has 1 atom stereocenters. The highest BCUT2D eigenvalue weighted by molar-refractivity contribution is 5.85. The third-order valence-corrected chi connectivity index (χ3v) is 1.69. The van der Waals surface area contributed by atoms with Gasteiger partial charge in [-0.15, -0.1) is 0 Å². The van der Waals surface area contributed by atoms with Crippen LogP contribution in [0.15, 0.2) is 0 Å². The maximum absolute atomic E-state index is 11.3. The molecule has 0 aliphatic rings. The van der Waals surface area contributed by atoms with Gasteiger partial charge in [0.1, 0.15) is 6.04 Å². The van der Waals surface area contributed by atoms with Crippen LogP contribution in [-0.4, -0.2) is 37.1 Å². The van der Waals surface area contributed by atoms with Gasteiger partial charge in [-0.2, -0.15) is 0 Å². The van der Waals surface area contributed by atoms with E-state index in [1.54, 1.807) is 13.8 Å². The molecule has 15 heavy (non-hydrogen) atoms. The lowest BCUT2D eigenvalue weighted by atomic mass is 10.3. The minimum atomic E-state index is -0.591. The number of rotatable bonds is 6. The third-order valence-electron chi connectivity index (χ3n) is 1.69. The lowest BCUT2D eigenvalue weighted by Gasteiger charge is -2.13. The average molecular weight is 216 g/mol. The van der Waals surface area contributed by atoms with Gasteiger partial charge in [0.25, 0.3) is 0 Å². The molecule has 5 nitrogen and oxygen atoms in total. The topological polar surface area (TPSA) is 67.4 Å². The Morgan fingerprint density at radius 2 is 1.87 bits per heavy atom. The molecule has 0 heterocycles. The van der Waals surface area contributed by atoms with Gasteiger partial charge in [0, 0.05) is 6.04 Å². The van der Waals surface area contributed by atoms with E-state index in [2.05, 4.69) is 10.6 Å². The Morgan fingerprint density at radius 3 is 2.33 bits per heavy atom. The molecule has 0 aromatic rings. The molecule has 0 aromatic heterocycles. The molecule has 2 N–H and O–H groups in total. The Balaban J connectivity index is 3.80. The van der Waals surface area contributed by atoms with E-state index in [0.717, 1.165) is 0 Å². The van der Waals surface area contributed by atoms with E-state index in [1.165, 1.54) is 0 Å². The van der Waals surface area contributed by atoms with Crippen LogP contribution in [0.25, 0.3) is 0 Å². The maximum Gasteiger partial charge on any atom is 0.328 e. The molecular formula is C10H20N2O3. The van der Waals surface area contributed by atoms with Gasteiger partial charge in [0.15, 0.2) is 0 Å². The quantitative estimate of drug-likeness (QED) is 0.616. The second-order valence-corrected chi connectivity index (χ2v) is 3.58. The van der Waals surface area contributed by atoms with E-state index in [4.69, 9.17) is 4.74 Å². The molecule has 0 saturated carbocycles. The van der Waals surface area contributed by atoms with Crippen molar-refractivity contribution in [3.05, 3.63) is 0 Å². The Hall–Kier alpha value is -1.10. The summed E-state index contributed by atoms with van der Waals surface area (Å²) in [6.07, 6.45) is 0. The first-order chi connectivity index (χ1) is 6.97. The van der Waals surface area contributed by atoms with Crippen molar-refractivity contribution in [2.45, 2.75) is 39.8 Å². The normalized spacial score (nSPS) is 12.3. The summed E-state index contributed by atoms with van der Waals surface area (Å²) in [5.41, 5.74) is 0. The number of esters is 1. The van der Waals surface area contributed by atoms with Gasteiger partial charge in [0.2, 0.25) is 5.91 Å². The van der Waals surface area contributed by atoms with E-state index in [1.807, 2.05) is 13.8 Å². The second kappa shape index (κ2) is 7.23. The highest BCUT2D eigenvalue weighted by Crippen LogP contribution is 1.87. The summed E-state index contributed by atoms with van der Waals surface area (Å²) in [5, 5.41) is 5.50. The van der Waals surface area contributed by atoms with E-state index in [0.29, 0.717) is 6.61 Å². The van der Waals surface area contributed by atoms with Crippen LogP contribution >= 0.6 is 0 Å². The zero-order valence-corrected chi connectivity index (χ0v) is 9.79. The number of hydrogen-bond donors (Lipinski definition) is 2. The largest absolute Gasteiger partial charge is 0.464 e. The van der Waals surface area contributed by atoms with Crippen LogP contribution in [0.5, 0.6) is 0 Å². The molecule has 1 amide bonds. The third kappa shape index (κ3) is 6.90. The molecule has 0 rings (SSSR count).